The quantitative estimate of drug-likeness (QED) is 0.371. The number of carbonyl (C=O) groups is 1. The van der Waals surface area contributed by atoms with Crippen molar-refractivity contribution in [1.82, 2.24) is 0 Å². The third-order valence-corrected chi connectivity index (χ3v) is 2.24. The lowest BCUT2D eigenvalue weighted by molar-refractivity contribution is -0.141. The van der Waals surface area contributed by atoms with Gasteiger partial charge in [0.2, 0.25) is 0 Å². The summed E-state index contributed by atoms with van der Waals surface area (Å²) in [5.41, 5.74) is 2.79. The molecule has 0 rings (SSSR count). The largest absolute Gasteiger partial charge is 0.466 e. The molecule has 0 aromatic carbocycles. The number of allylic oxidation sites excluding steroid dienone is 4. The predicted molar refractivity (Wildman–Crippen MR) is 68.3 cm³/mol. The van der Waals surface area contributed by atoms with Crippen LogP contribution < -0.4 is 0 Å². The second kappa shape index (κ2) is 9.20. The first kappa shape index (κ1) is 14.9. The Hall–Kier alpha value is -1.05. The molecule has 0 saturated carbocycles. The van der Waals surface area contributed by atoms with Crippen LogP contribution in [-0.2, 0) is 9.53 Å². The molecule has 0 amide bonds. The SMILES string of the molecule is CC(=O)OCCC/C=C(/C)CCC=C(C)C. The van der Waals surface area contributed by atoms with Crippen LogP contribution in [0.1, 0.15) is 53.4 Å². The molecule has 92 valence electrons. The van der Waals surface area contributed by atoms with Crippen LogP contribution in [-0.4, -0.2) is 12.6 Å². The van der Waals surface area contributed by atoms with Gasteiger partial charge >= 0.3 is 5.97 Å². The van der Waals surface area contributed by atoms with E-state index in [0.29, 0.717) is 6.61 Å². The molecular formula is C14H24O2. The summed E-state index contributed by atoms with van der Waals surface area (Å²) in [6.45, 7) is 8.38. The highest BCUT2D eigenvalue weighted by Gasteiger charge is 1.92. The number of rotatable bonds is 7. The van der Waals surface area contributed by atoms with Gasteiger partial charge in [-0.1, -0.05) is 23.3 Å². The van der Waals surface area contributed by atoms with Crippen LogP contribution in [0.2, 0.25) is 0 Å². The minimum absolute atomic E-state index is 0.191. The molecular weight excluding hydrogens is 200 g/mol. The van der Waals surface area contributed by atoms with Crippen LogP contribution in [0.4, 0.5) is 0 Å². The highest BCUT2D eigenvalue weighted by Crippen LogP contribution is 2.08. The molecule has 0 radical (unpaired) electrons. The number of carbonyl (C=O) groups excluding carboxylic acids is 1. The Labute approximate surface area is 99.4 Å². The molecule has 2 nitrogen and oxygen atoms in total. The third-order valence-electron chi connectivity index (χ3n) is 2.24. The zero-order valence-corrected chi connectivity index (χ0v) is 11.0. The highest BCUT2D eigenvalue weighted by molar-refractivity contribution is 5.65. The summed E-state index contributed by atoms with van der Waals surface area (Å²) >= 11 is 0. The van der Waals surface area contributed by atoms with Crippen LogP contribution in [0.25, 0.3) is 0 Å². The molecule has 0 unspecified atom stereocenters. The zero-order valence-electron chi connectivity index (χ0n) is 11.0. The Bertz CT molecular complexity index is 258. The molecule has 2 heteroatoms. The first-order valence-electron chi connectivity index (χ1n) is 5.94. The fraction of sp³-hybridized carbons (Fsp3) is 0.643. The molecule has 0 bridgehead atoms. The van der Waals surface area contributed by atoms with Crippen molar-refractivity contribution in [3.8, 4) is 0 Å². The number of unbranched alkanes of at least 4 members (excludes halogenated alkanes) is 1. The number of esters is 1. The lowest BCUT2D eigenvalue weighted by Gasteiger charge is -2.01. The van der Waals surface area contributed by atoms with E-state index in [9.17, 15) is 4.79 Å². The van der Waals surface area contributed by atoms with Gasteiger partial charge in [0.05, 0.1) is 6.61 Å². The van der Waals surface area contributed by atoms with Crippen LogP contribution >= 0.6 is 0 Å². The minimum atomic E-state index is -0.191. The van der Waals surface area contributed by atoms with E-state index >= 15 is 0 Å². The summed E-state index contributed by atoms with van der Waals surface area (Å²) in [4.78, 5) is 10.5. The fourth-order valence-corrected chi connectivity index (χ4v) is 1.34. The predicted octanol–water partition coefficient (Wildman–Crippen LogP) is 4.02. The highest BCUT2D eigenvalue weighted by atomic mass is 16.5. The fourth-order valence-electron chi connectivity index (χ4n) is 1.34. The topological polar surface area (TPSA) is 26.3 Å². The summed E-state index contributed by atoms with van der Waals surface area (Å²) in [5.74, 6) is -0.191. The molecule has 0 fully saturated rings. The van der Waals surface area contributed by atoms with Gasteiger partial charge in [-0.25, -0.2) is 0 Å². The summed E-state index contributed by atoms with van der Waals surface area (Å²) in [7, 11) is 0. The molecule has 0 heterocycles. The van der Waals surface area contributed by atoms with Crippen molar-refractivity contribution in [2.45, 2.75) is 53.4 Å². The normalized spacial score (nSPS) is 11.1. The van der Waals surface area contributed by atoms with E-state index in [0.717, 1.165) is 25.7 Å². The van der Waals surface area contributed by atoms with E-state index in [1.165, 1.54) is 18.1 Å². The lowest BCUT2D eigenvalue weighted by atomic mass is 10.1. The minimum Gasteiger partial charge on any atom is -0.466 e. The van der Waals surface area contributed by atoms with Crippen molar-refractivity contribution >= 4 is 5.97 Å². The van der Waals surface area contributed by atoms with Gasteiger partial charge in [0.15, 0.2) is 0 Å². The molecule has 0 atom stereocenters. The van der Waals surface area contributed by atoms with E-state index in [1.807, 2.05) is 0 Å². The summed E-state index contributed by atoms with van der Waals surface area (Å²) in [6.07, 6.45) is 8.65. The van der Waals surface area contributed by atoms with Gasteiger partial charge in [0.1, 0.15) is 0 Å². The van der Waals surface area contributed by atoms with Gasteiger partial charge in [-0.3, -0.25) is 4.79 Å². The smallest absolute Gasteiger partial charge is 0.302 e. The standard InChI is InChI=1S/C14H24O2/c1-12(2)8-7-10-13(3)9-5-6-11-16-14(4)15/h8-9H,5-7,10-11H2,1-4H3/b13-9-. The van der Waals surface area contributed by atoms with E-state index in [4.69, 9.17) is 4.74 Å². The summed E-state index contributed by atoms with van der Waals surface area (Å²) in [6, 6.07) is 0. The van der Waals surface area contributed by atoms with Crippen molar-refractivity contribution in [3.05, 3.63) is 23.3 Å². The van der Waals surface area contributed by atoms with Crippen molar-refractivity contribution in [2.24, 2.45) is 0 Å². The first-order valence-corrected chi connectivity index (χ1v) is 5.94. The van der Waals surface area contributed by atoms with E-state index in [-0.39, 0.29) is 5.97 Å². The molecule has 16 heavy (non-hydrogen) atoms. The molecule has 0 N–H and O–H groups in total. The Balaban J connectivity index is 3.55. The Kier molecular flexibility index (Phi) is 8.59. The maximum absolute atomic E-state index is 10.5. The van der Waals surface area contributed by atoms with Crippen LogP contribution in [0.5, 0.6) is 0 Å². The van der Waals surface area contributed by atoms with E-state index < -0.39 is 0 Å². The average molecular weight is 224 g/mol. The van der Waals surface area contributed by atoms with Gasteiger partial charge in [0, 0.05) is 6.92 Å². The van der Waals surface area contributed by atoms with E-state index in [2.05, 4.69) is 32.9 Å². The van der Waals surface area contributed by atoms with Gasteiger partial charge in [-0.2, -0.15) is 0 Å². The number of ether oxygens (including phenoxy) is 1. The molecule has 0 aliphatic carbocycles. The summed E-state index contributed by atoms with van der Waals surface area (Å²) in [5, 5.41) is 0. The molecule has 0 spiro atoms. The van der Waals surface area contributed by atoms with Crippen molar-refractivity contribution in [1.29, 1.82) is 0 Å². The Morgan fingerprint density at radius 3 is 2.31 bits per heavy atom. The molecule has 0 aliphatic rings. The second-order valence-electron chi connectivity index (χ2n) is 4.35. The van der Waals surface area contributed by atoms with Crippen molar-refractivity contribution in [3.63, 3.8) is 0 Å². The van der Waals surface area contributed by atoms with Gasteiger partial charge in [-0.15, -0.1) is 0 Å². The third kappa shape index (κ3) is 11.0. The number of hydrogen-bond acceptors (Lipinski definition) is 2. The van der Waals surface area contributed by atoms with Crippen LogP contribution in [0.3, 0.4) is 0 Å². The average Bonchev–Trinajstić information content (AvgIpc) is 2.16. The van der Waals surface area contributed by atoms with Crippen molar-refractivity contribution in [2.75, 3.05) is 6.61 Å². The van der Waals surface area contributed by atoms with Crippen LogP contribution in [0.15, 0.2) is 23.3 Å². The Morgan fingerprint density at radius 1 is 1.06 bits per heavy atom. The second-order valence-corrected chi connectivity index (χ2v) is 4.35. The van der Waals surface area contributed by atoms with E-state index in [1.54, 1.807) is 0 Å². The molecule has 0 aromatic rings. The van der Waals surface area contributed by atoms with Gasteiger partial charge < -0.3 is 4.74 Å². The maximum atomic E-state index is 10.5. The molecule has 0 aliphatic heterocycles. The van der Waals surface area contributed by atoms with Crippen molar-refractivity contribution < 1.29 is 9.53 Å². The molecule has 0 saturated heterocycles. The van der Waals surface area contributed by atoms with Crippen LogP contribution in [0, 0.1) is 0 Å². The lowest BCUT2D eigenvalue weighted by Crippen LogP contribution is -1.99. The first-order chi connectivity index (χ1) is 7.52. The van der Waals surface area contributed by atoms with Gasteiger partial charge in [0.25, 0.3) is 0 Å². The Morgan fingerprint density at radius 2 is 1.75 bits per heavy atom. The zero-order chi connectivity index (χ0) is 12.4. The monoisotopic (exact) mass is 224 g/mol. The van der Waals surface area contributed by atoms with Gasteiger partial charge in [-0.05, 0) is 46.5 Å². The summed E-state index contributed by atoms with van der Waals surface area (Å²) < 4.78 is 4.86. The molecule has 0 aromatic heterocycles. The maximum Gasteiger partial charge on any atom is 0.302 e. The number of hydrogen-bond donors (Lipinski definition) is 0.